The summed E-state index contributed by atoms with van der Waals surface area (Å²) in [6.45, 7) is 12.5. The van der Waals surface area contributed by atoms with Crippen molar-refractivity contribution < 1.29 is 39.1 Å². The van der Waals surface area contributed by atoms with Crippen LogP contribution >= 0.6 is 0 Å². The molecule has 4 N–H and O–H groups in total. The standard InChI is InChI=1S/C25H48N4O8/c1-17(2)13-19(23(32)28(7)34)26-21(30)9-11-36-15-25(5,6)16-37-12-10-22(31)27-20(14-18(3)4)24(33)29(8)35/h17-20,34-35H,9-16H2,1-8H3,(H,26,30)(H,27,31)/t19-,20-/m0/s1. The number of nitrogens with zero attached hydrogens (tertiary/aromatic N) is 2. The number of rotatable bonds is 18. The summed E-state index contributed by atoms with van der Waals surface area (Å²) in [5, 5.41) is 25.1. The average molecular weight is 533 g/mol. The second-order valence-corrected chi connectivity index (χ2v) is 11.0. The molecule has 4 amide bonds. The number of likely N-dealkylation sites (N-methyl/N-ethyl adjacent to an activating group) is 2. The highest BCUT2D eigenvalue weighted by atomic mass is 16.5. The molecule has 2 atom stereocenters. The molecule has 0 saturated heterocycles. The third-order valence-corrected chi connectivity index (χ3v) is 5.25. The van der Waals surface area contributed by atoms with E-state index in [4.69, 9.17) is 9.47 Å². The lowest BCUT2D eigenvalue weighted by molar-refractivity contribution is -0.163. The molecule has 12 nitrogen and oxygen atoms in total. The molecule has 0 spiro atoms. The Morgan fingerprint density at radius 1 is 0.730 bits per heavy atom. The number of nitrogens with one attached hydrogen (secondary N) is 2. The first-order valence-electron chi connectivity index (χ1n) is 12.7. The smallest absolute Gasteiger partial charge is 0.268 e. The van der Waals surface area contributed by atoms with Crippen LogP contribution in [0.25, 0.3) is 0 Å². The Bertz CT molecular complexity index is 667. The van der Waals surface area contributed by atoms with Crippen LogP contribution in [0.4, 0.5) is 0 Å². The Hall–Kier alpha value is -2.28. The number of hydroxylamine groups is 4. The minimum atomic E-state index is -0.798. The van der Waals surface area contributed by atoms with Crippen LogP contribution in [0.3, 0.4) is 0 Å². The van der Waals surface area contributed by atoms with Gasteiger partial charge < -0.3 is 20.1 Å². The molecular weight excluding hydrogens is 484 g/mol. The summed E-state index contributed by atoms with van der Waals surface area (Å²) >= 11 is 0. The molecule has 0 rings (SSSR count). The lowest BCUT2D eigenvalue weighted by Gasteiger charge is -2.25. The number of ether oxygens (including phenoxy) is 2. The van der Waals surface area contributed by atoms with Crippen LogP contribution in [0.15, 0.2) is 0 Å². The molecule has 0 aliphatic rings. The van der Waals surface area contributed by atoms with Gasteiger partial charge in [0.25, 0.3) is 11.8 Å². The lowest BCUT2D eigenvalue weighted by Crippen LogP contribution is -2.47. The first-order chi connectivity index (χ1) is 17.1. The predicted octanol–water partition coefficient (Wildman–Crippen LogP) is 1.58. The topological polar surface area (TPSA) is 158 Å². The van der Waals surface area contributed by atoms with E-state index in [9.17, 15) is 29.6 Å². The molecule has 0 aliphatic heterocycles. The van der Waals surface area contributed by atoms with Gasteiger partial charge in [-0.3, -0.25) is 29.6 Å². The fourth-order valence-corrected chi connectivity index (χ4v) is 3.44. The number of carbonyl (C=O) groups excluding carboxylic acids is 4. The van der Waals surface area contributed by atoms with E-state index >= 15 is 0 Å². The van der Waals surface area contributed by atoms with Gasteiger partial charge in [-0.05, 0) is 24.7 Å². The van der Waals surface area contributed by atoms with E-state index in [1.54, 1.807) is 0 Å². The van der Waals surface area contributed by atoms with Gasteiger partial charge in [0.2, 0.25) is 11.8 Å². The summed E-state index contributed by atoms with van der Waals surface area (Å²) in [6, 6.07) is -1.60. The van der Waals surface area contributed by atoms with Crippen molar-refractivity contribution in [3.63, 3.8) is 0 Å². The third kappa shape index (κ3) is 16.2. The third-order valence-electron chi connectivity index (χ3n) is 5.25. The van der Waals surface area contributed by atoms with Gasteiger partial charge in [-0.25, -0.2) is 10.1 Å². The zero-order valence-electron chi connectivity index (χ0n) is 23.7. The molecule has 0 aromatic heterocycles. The van der Waals surface area contributed by atoms with Crippen molar-refractivity contribution in [2.75, 3.05) is 40.5 Å². The summed E-state index contributed by atoms with van der Waals surface area (Å²) in [6.07, 6.45) is 0.943. The molecule has 0 unspecified atom stereocenters. The van der Waals surface area contributed by atoms with E-state index in [1.165, 1.54) is 14.1 Å². The van der Waals surface area contributed by atoms with Gasteiger partial charge in [-0.15, -0.1) is 0 Å². The number of amides is 4. The molecule has 0 aromatic rings. The first-order valence-corrected chi connectivity index (χ1v) is 12.7. The Balaban J connectivity index is 4.36. The predicted molar refractivity (Wildman–Crippen MR) is 137 cm³/mol. The molecule has 0 aromatic carbocycles. The fourth-order valence-electron chi connectivity index (χ4n) is 3.44. The van der Waals surface area contributed by atoms with E-state index in [1.807, 2.05) is 41.5 Å². The summed E-state index contributed by atoms with van der Waals surface area (Å²) in [5.41, 5.74) is -0.377. The van der Waals surface area contributed by atoms with Gasteiger partial charge in [0.05, 0.1) is 26.4 Å². The van der Waals surface area contributed by atoms with Crippen molar-refractivity contribution in [2.24, 2.45) is 17.3 Å². The van der Waals surface area contributed by atoms with Crippen LogP contribution in [-0.4, -0.2) is 96.8 Å². The minimum absolute atomic E-state index is 0.0629. The quantitative estimate of drug-likeness (QED) is 0.118. The van der Waals surface area contributed by atoms with E-state index in [-0.39, 0.29) is 55.1 Å². The number of carbonyl (C=O) groups is 4. The monoisotopic (exact) mass is 532 g/mol. The minimum Gasteiger partial charge on any atom is -0.380 e. The molecule has 0 saturated carbocycles. The van der Waals surface area contributed by atoms with Crippen LogP contribution < -0.4 is 10.6 Å². The second kappa shape index (κ2) is 17.3. The van der Waals surface area contributed by atoms with E-state index in [0.29, 0.717) is 36.2 Å². The normalized spacial score (nSPS) is 13.3. The average Bonchev–Trinajstić information content (AvgIpc) is 2.77. The van der Waals surface area contributed by atoms with E-state index in [2.05, 4.69) is 10.6 Å². The molecule has 0 bridgehead atoms. The fraction of sp³-hybridized carbons (Fsp3) is 0.840. The van der Waals surface area contributed by atoms with Crippen molar-refractivity contribution in [3.05, 3.63) is 0 Å². The zero-order valence-corrected chi connectivity index (χ0v) is 23.7. The van der Waals surface area contributed by atoms with Crippen LogP contribution in [0.1, 0.15) is 67.2 Å². The van der Waals surface area contributed by atoms with Crippen LogP contribution in [0.5, 0.6) is 0 Å². The molecule has 0 fully saturated rings. The van der Waals surface area contributed by atoms with E-state index in [0.717, 1.165) is 0 Å². The highest BCUT2D eigenvalue weighted by Gasteiger charge is 2.26. The lowest BCUT2D eigenvalue weighted by atomic mass is 9.96. The number of hydrogen-bond acceptors (Lipinski definition) is 8. The maximum atomic E-state index is 12.2. The van der Waals surface area contributed by atoms with E-state index < -0.39 is 23.9 Å². The van der Waals surface area contributed by atoms with Crippen molar-refractivity contribution >= 4 is 23.6 Å². The Kier molecular flexibility index (Phi) is 16.2. The highest BCUT2D eigenvalue weighted by molar-refractivity contribution is 5.87. The maximum absolute atomic E-state index is 12.2. The highest BCUT2D eigenvalue weighted by Crippen LogP contribution is 2.16. The maximum Gasteiger partial charge on any atom is 0.268 e. The van der Waals surface area contributed by atoms with Crippen molar-refractivity contribution in [2.45, 2.75) is 79.3 Å². The first kappa shape index (κ1) is 34.7. The summed E-state index contributed by atoms with van der Waals surface area (Å²) in [7, 11) is 2.45. The molecule has 37 heavy (non-hydrogen) atoms. The Morgan fingerprint density at radius 3 is 1.32 bits per heavy atom. The van der Waals surface area contributed by atoms with Gasteiger partial charge in [0.1, 0.15) is 12.1 Å². The summed E-state index contributed by atoms with van der Waals surface area (Å²) in [5.74, 6) is -1.52. The molecule has 216 valence electrons. The molecule has 0 heterocycles. The zero-order chi connectivity index (χ0) is 28.8. The van der Waals surface area contributed by atoms with Crippen molar-refractivity contribution in [1.82, 2.24) is 20.8 Å². The molecule has 12 heteroatoms. The summed E-state index contributed by atoms with van der Waals surface area (Å²) < 4.78 is 11.3. The largest absolute Gasteiger partial charge is 0.380 e. The van der Waals surface area contributed by atoms with Gasteiger partial charge in [-0.2, -0.15) is 0 Å². The van der Waals surface area contributed by atoms with Gasteiger partial charge in [0.15, 0.2) is 0 Å². The van der Waals surface area contributed by atoms with Crippen molar-refractivity contribution in [1.29, 1.82) is 0 Å². The summed E-state index contributed by atoms with van der Waals surface area (Å²) in [4.78, 5) is 48.6. The second-order valence-electron chi connectivity index (χ2n) is 11.0. The van der Waals surface area contributed by atoms with Crippen LogP contribution in [-0.2, 0) is 28.7 Å². The van der Waals surface area contributed by atoms with Gasteiger partial charge in [-0.1, -0.05) is 41.5 Å². The molecule has 0 radical (unpaired) electrons. The Morgan fingerprint density at radius 2 is 1.05 bits per heavy atom. The van der Waals surface area contributed by atoms with Crippen LogP contribution in [0, 0.1) is 17.3 Å². The SMILES string of the molecule is CC(C)C[C@H](NC(=O)CCOCC(C)(C)COCCC(=O)N[C@@H](CC(C)C)C(=O)N(C)O)C(=O)N(C)O. The Labute approximate surface area is 220 Å². The van der Waals surface area contributed by atoms with Gasteiger partial charge in [0, 0.05) is 32.4 Å². The molecular formula is C25H48N4O8. The molecule has 0 aliphatic carbocycles. The van der Waals surface area contributed by atoms with Crippen molar-refractivity contribution in [3.8, 4) is 0 Å². The number of hydrogen-bond donors (Lipinski definition) is 4. The van der Waals surface area contributed by atoms with Crippen LogP contribution in [0.2, 0.25) is 0 Å². The van der Waals surface area contributed by atoms with Gasteiger partial charge >= 0.3 is 0 Å².